The van der Waals surface area contributed by atoms with Gasteiger partial charge in [0.25, 0.3) is 0 Å². The summed E-state index contributed by atoms with van der Waals surface area (Å²) in [6, 6.07) is -16.0. The van der Waals surface area contributed by atoms with Crippen molar-refractivity contribution in [1.29, 1.82) is 0 Å². The number of nitrogens with one attached hydrogen (secondary N) is 8. The number of nitrogens with zero attached hydrogens (tertiary/aromatic N) is 13. The van der Waals surface area contributed by atoms with Crippen molar-refractivity contribution in [2.24, 2.45) is 0 Å². The fraction of sp³-hybridized carbons (Fsp3) is 0.750. The molecule has 50 nitrogen and oxygen atoms in total. The number of aliphatic hydroxyl groups is 7. The maximum atomic E-state index is 14.5. The van der Waals surface area contributed by atoms with Crippen LogP contribution >= 0.6 is 0 Å². The Balaban J connectivity index is 0.507. The van der Waals surface area contributed by atoms with E-state index in [0.717, 1.165) is 29.4 Å². The zero-order valence-corrected chi connectivity index (χ0v) is 74.3. The summed E-state index contributed by atoms with van der Waals surface area (Å²) < 4.78 is 0. The van der Waals surface area contributed by atoms with Crippen LogP contribution in [0.4, 0.5) is 0 Å². The molecule has 0 spiro atoms. The molecule has 14 aliphatic rings. The lowest BCUT2D eigenvalue weighted by molar-refractivity contribution is -0.148. The topological polar surface area (TPSA) is 659 Å². The van der Waals surface area contributed by atoms with Crippen LogP contribution in [0.15, 0.2) is 0 Å². The summed E-state index contributed by atoms with van der Waals surface area (Å²) in [5.74, 6) is -15.5. The summed E-state index contributed by atoms with van der Waals surface area (Å²) in [5.41, 5.74) is 0. The monoisotopic (exact) mass is 1890 g/mol. The van der Waals surface area contributed by atoms with Crippen molar-refractivity contribution >= 4 is 124 Å². The Labute approximate surface area is 768 Å². The van der Waals surface area contributed by atoms with Crippen LogP contribution in [0.25, 0.3) is 0 Å². The van der Waals surface area contributed by atoms with E-state index in [1.807, 2.05) is 0 Å². The molecular formula is C84H121N21O29. The number of hydrogen-bond acceptors (Lipinski definition) is 29. The van der Waals surface area contributed by atoms with Crippen molar-refractivity contribution in [2.75, 3.05) is 137 Å². The van der Waals surface area contributed by atoms with Gasteiger partial charge in [0.2, 0.25) is 118 Å². The second-order valence-corrected chi connectivity index (χ2v) is 37.3. The molecule has 0 aromatic heterocycles. The van der Waals surface area contributed by atoms with E-state index in [4.69, 9.17) is 5.11 Å². The van der Waals surface area contributed by atoms with Crippen molar-refractivity contribution < 1.29 is 142 Å². The van der Waals surface area contributed by atoms with E-state index >= 15 is 0 Å². The van der Waals surface area contributed by atoms with Crippen LogP contribution in [-0.4, -0.2) is 493 Å². The zero-order valence-electron chi connectivity index (χ0n) is 74.3. The minimum Gasteiger partial charge on any atom is -0.480 e. The molecule has 50 heteroatoms. The van der Waals surface area contributed by atoms with Crippen molar-refractivity contribution in [2.45, 2.75) is 262 Å². The molecule has 14 aliphatic heterocycles. The van der Waals surface area contributed by atoms with E-state index in [9.17, 15) is 136 Å². The number of aliphatic hydroxyl groups excluding tert-OH is 7. The van der Waals surface area contributed by atoms with Gasteiger partial charge in [-0.05, 0) is 96.3 Å². The van der Waals surface area contributed by atoms with Crippen LogP contribution in [0.2, 0.25) is 0 Å². The van der Waals surface area contributed by atoms with Gasteiger partial charge in [-0.15, -0.1) is 0 Å². The number of carboxylic acid groups (broad SMARTS) is 1. The molecule has 0 bridgehead atoms. The Bertz CT molecular complexity index is 4550. The third-order valence-corrected chi connectivity index (χ3v) is 28.5. The summed E-state index contributed by atoms with van der Waals surface area (Å²) >= 11 is 0. The highest BCUT2D eigenvalue weighted by molar-refractivity contribution is 6.02. The second kappa shape index (κ2) is 42.6. The first kappa shape index (κ1) is 98.5. The number of carboxylic acids is 1. The Morgan fingerprint density at radius 3 is 0.552 bits per heavy atom. The summed E-state index contributed by atoms with van der Waals surface area (Å²) in [7, 11) is 0. The van der Waals surface area contributed by atoms with E-state index < -0.39 is 291 Å². The quantitative estimate of drug-likeness (QED) is 0.0346. The minimum absolute atomic E-state index is 0.0195. The van der Waals surface area contributed by atoms with Crippen molar-refractivity contribution in [3.05, 3.63) is 0 Å². The standard InChI is InChI=1S/C84H121N21O29/c106-43-22-50(85-29-43)78(128)93-15-1-8-51(93)71(121)86-30-64(113)100-37-44(107)23-58(100)79(129)94-16-2-9-52(94)72(122)87-31-65(114)101-38-45(108)24-59(101)80(130)95-17-3-10-53(95)73(123)88-32-66(115)102-39-46(109)25-60(102)81(131)96-18-4-11-54(96)74(124)89-33-67(116)103-40-47(110)26-61(103)82(132)97-19-5-12-55(97)75(125)90-34-68(117)104-41-48(111)27-62(104)83(133)98-20-6-13-56(98)76(126)91-35-69(118)105-42-49(112)28-63(105)84(134)99-21-7-14-57(99)77(127)92-36-70(119)120/h43-63,85,106-112H,1-42H2,(H,86,121)(H,87,122)(H,88,123)(H,89,124)(H,90,125)(H,91,126)(H,92,127)(H,119,120)/t43-,44-,45-,46-,47-,48-,49-,50+,51+,52+,53+,54+,55+,56+,57+,58+,59+,60+,61+,62+,63+/m1/s1. The molecule has 736 valence electrons. The fourth-order valence-corrected chi connectivity index (χ4v) is 21.9. The van der Waals surface area contributed by atoms with Crippen LogP contribution in [-0.2, 0) is 101 Å². The first-order chi connectivity index (χ1) is 63.9. The fourth-order valence-electron chi connectivity index (χ4n) is 21.9. The molecule has 0 aliphatic carbocycles. The van der Waals surface area contributed by atoms with E-state index in [1.54, 1.807) is 0 Å². The molecule has 20 amide bonds. The number of carbonyl (C=O) groups excluding carboxylic acids is 20. The van der Waals surface area contributed by atoms with Crippen LogP contribution in [0, 0.1) is 0 Å². The van der Waals surface area contributed by atoms with E-state index in [-0.39, 0.29) is 174 Å². The molecule has 0 radical (unpaired) electrons. The van der Waals surface area contributed by atoms with Gasteiger partial charge in [0.05, 0.1) is 88.0 Å². The molecule has 0 aromatic carbocycles. The molecule has 0 unspecified atom stereocenters. The highest BCUT2D eigenvalue weighted by Gasteiger charge is 2.54. The molecule has 16 N–H and O–H groups in total. The lowest BCUT2D eigenvalue weighted by Gasteiger charge is -2.32. The lowest BCUT2D eigenvalue weighted by atomic mass is 10.1. The summed E-state index contributed by atoms with van der Waals surface area (Å²) in [4.78, 5) is 305. The van der Waals surface area contributed by atoms with Crippen molar-refractivity contribution in [3.63, 3.8) is 0 Å². The largest absolute Gasteiger partial charge is 0.480 e. The van der Waals surface area contributed by atoms with Gasteiger partial charge in [-0.2, -0.15) is 0 Å². The van der Waals surface area contributed by atoms with Gasteiger partial charge in [-0.3, -0.25) is 101 Å². The van der Waals surface area contributed by atoms with Gasteiger partial charge in [-0.25, -0.2) is 0 Å². The summed E-state index contributed by atoms with van der Waals surface area (Å²) in [6.45, 7) is -5.69. The van der Waals surface area contributed by atoms with Gasteiger partial charge < -0.3 is 147 Å². The number of carbonyl (C=O) groups is 21. The smallest absolute Gasteiger partial charge is 0.322 e. The molecule has 0 aromatic rings. The van der Waals surface area contributed by atoms with E-state index in [0.29, 0.717) is 57.9 Å². The Hall–Kier alpha value is -11.4. The molecule has 14 rings (SSSR count). The van der Waals surface area contributed by atoms with Crippen molar-refractivity contribution in [3.8, 4) is 0 Å². The number of likely N-dealkylation sites (tertiary alicyclic amines) is 13. The molecule has 14 heterocycles. The van der Waals surface area contributed by atoms with Gasteiger partial charge >= 0.3 is 5.97 Å². The number of β-amino-alcohol motifs (C(OH)–C–C–N with tert-alkyl or cyclic N) is 7. The predicted octanol–water partition coefficient (Wildman–Crippen LogP) is -13.7. The first-order valence-electron chi connectivity index (χ1n) is 46.5. The van der Waals surface area contributed by atoms with Gasteiger partial charge in [0.1, 0.15) is 85.1 Å². The van der Waals surface area contributed by atoms with Crippen molar-refractivity contribution in [1.82, 2.24) is 106 Å². The maximum absolute atomic E-state index is 14.5. The van der Waals surface area contributed by atoms with Gasteiger partial charge in [0, 0.05) is 130 Å². The number of amides is 20. The highest BCUT2D eigenvalue weighted by atomic mass is 16.4. The minimum atomic E-state index is -1.33. The van der Waals surface area contributed by atoms with Crippen LogP contribution in [0.5, 0.6) is 0 Å². The Morgan fingerprint density at radius 2 is 0.388 bits per heavy atom. The lowest BCUT2D eigenvalue weighted by Crippen LogP contribution is -2.57. The van der Waals surface area contributed by atoms with Crippen LogP contribution < -0.4 is 42.5 Å². The third-order valence-electron chi connectivity index (χ3n) is 28.5. The maximum Gasteiger partial charge on any atom is 0.322 e. The first-order valence-corrected chi connectivity index (χ1v) is 46.5. The van der Waals surface area contributed by atoms with Gasteiger partial charge in [-0.1, -0.05) is 0 Å². The average Bonchev–Trinajstić information content (AvgIpc) is 1.67. The molecule has 21 atom stereocenters. The third kappa shape index (κ3) is 21.6. The second-order valence-electron chi connectivity index (χ2n) is 37.3. The number of aliphatic carboxylic acids is 1. The molecular weight excluding hydrogens is 1770 g/mol. The molecule has 0 saturated carbocycles. The van der Waals surface area contributed by atoms with E-state index in [2.05, 4.69) is 42.5 Å². The molecule has 14 fully saturated rings. The van der Waals surface area contributed by atoms with Crippen LogP contribution in [0.1, 0.15) is 135 Å². The normalized spacial score (nSPS) is 31.2. The highest BCUT2D eigenvalue weighted by Crippen LogP contribution is 2.35. The SMILES string of the molecule is O=C(O)CNC(=O)[C@@H]1CCCN1C(=O)[C@@H]1C[C@@H](O)CN1C(=O)CNC(=O)[C@@H]1CCCN1C(=O)[C@@H]1C[C@@H](O)CN1C(=O)CNC(=O)[C@@H]1CCCN1C(=O)[C@@H]1C[C@@H](O)CN1C(=O)CNC(=O)[C@@H]1CCCN1C(=O)[C@@H]1C[C@@H](O)CN1C(=O)CNC(=O)[C@@H]1CCCN1C(=O)[C@@H]1C[C@@H](O)CN1C(=O)CNC(=O)[C@@H]1CCCN1C(=O)[C@@H]1C[C@@H](O)CN1C(=O)CNC(=O)[C@@H]1CCCN1C(=O)[C@@H]1C[C@@H](O)CN1. The molecule has 14 saturated heterocycles. The number of hydrogen-bond donors (Lipinski definition) is 16. The Kier molecular flexibility index (Phi) is 31.4. The van der Waals surface area contributed by atoms with Gasteiger partial charge in [0.15, 0.2) is 0 Å². The summed E-state index contributed by atoms with van der Waals surface area (Å²) in [6.07, 6.45) is -5.13. The predicted molar refractivity (Wildman–Crippen MR) is 451 cm³/mol. The Morgan fingerprint density at radius 1 is 0.216 bits per heavy atom. The van der Waals surface area contributed by atoms with Crippen LogP contribution in [0.3, 0.4) is 0 Å². The number of rotatable bonds is 28. The molecule has 134 heavy (non-hydrogen) atoms. The summed E-state index contributed by atoms with van der Waals surface area (Å²) in [5, 5.41) is 104. The average molecular weight is 1890 g/mol. The zero-order chi connectivity index (χ0) is 96.1. The van der Waals surface area contributed by atoms with E-state index in [1.165, 1.54) is 34.3 Å².